The summed E-state index contributed by atoms with van der Waals surface area (Å²) >= 11 is 8.90. The molecule has 0 fully saturated rings. The van der Waals surface area contributed by atoms with Crippen LogP contribution in [-0.4, -0.2) is 0 Å². The van der Waals surface area contributed by atoms with E-state index in [2.05, 4.69) is 22.5 Å². The molecule has 0 aromatic carbocycles. The Balaban J connectivity index is 4.16. The van der Waals surface area contributed by atoms with Gasteiger partial charge in [0.25, 0.3) is 0 Å². The molecule has 0 spiro atoms. The predicted molar refractivity (Wildman–Crippen MR) is 51.4 cm³/mol. The Morgan fingerprint density at radius 3 is 2.20 bits per heavy atom. The maximum atomic E-state index is 5.70. The molecule has 0 atom stereocenters. The van der Waals surface area contributed by atoms with Crippen LogP contribution in [0.15, 0.2) is 33.8 Å². The van der Waals surface area contributed by atoms with Gasteiger partial charge >= 0.3 is 0 Å². The summed E-state index contributed by atoms with van der Waals surface area (Å²) < 4.78 is 0.852. The highest BCUT2D eigenvalue weighted by atomic mass is 79.9. The molecule has 0 N–H and O–H groups in total. The zero-order valence-corrected chi connectivity index (χ0v) is 8.46. The first-order valence-electron chi connectivity index (χ1n) is 2.89. The first kappa shape index (κ1) is 9.99. The van der Waals surface area contributed by atoms with Gasteiger partial charge in [-0.15, -0.1) is 0 Å². The van der Waals surface area contributed by atoms with Crippen molar-refractivity contribution in [3.8, 4) is 0 Å². The molecule has 0 aliphatic heterocycles. The van der Waals surface area contributed by atoms with Gasteiger partial charge in [-0.25, -0.2) is 0 Å². The second-order valence-electron chi connectivity index (χ2n) is 2.00. The number of halogens is 2. The number of hydrogen-bond acceptors (Lipinski definition) is 0. The normalized spacial score (nSPS) is 13.6. The van der Waals surface area contributed by atoms with Crippen molar-refractivity contribution in [2.45, 2.75) is 13.8 Å². The quantitative estimate of drug-likeness (QED) is 0.619. The minimum atomic E-state index is 0.810. The third kappa shape index (κ3) is 4.83. The summed E-state index contributed by atoms with van der Waals surface area (Å²) in [5.41, 5.74) is 1.06. The summed E-state index contributed by atoms with van der Waals surface area (Å²) in [7, 11) is 0. The van der Waals surface area contributed by atoms with E-state index in [1.54, 1.807) is 0 Å². The Hall–Kier alpha value is -0.0100. The van der Waals surface area contributed by atoms with Crippen LogP contribution >= 0.6 is 27.5 Å². The highest BCUT2D eigenvalue weighted by Gasteiger charge is 1.86. The minimum absolute atomic E-state index is 0.810. The van der Waals surface area contributed by atoms with Gasteiger partial charge < -0.3 is 0 Å². The van der Waals surface area contributed by atoms with Crippen molar-refractivity contribution in [2.24, 2.45) is 0 Å². The molecule has 0 nitrogen and oxygen atoms in total. The highest BCUT2D eigenvalue weighted by Crippen LogP contribution is 2.11. The van der Waals surface area contributed by atoms with Gasteiger partial charge in [-0.3, -0.25) is 0 Å². The first-order valence-corrected chi connectivity index (χ1v) is 4.06. The van der Waals surface area contributed by atoms with Crippen molar-refractivity contribution in [2.75, 3.05) is 0 Å². The fourth-order valence-corrected chi connectivity index (χ4v) is 0.525. The van der Waals surface area contributed by atoms with Gasteiger partial charge in [-0.1, -0.05) is 40.2 Å². The van der Waals surface area contributed by atoms with Crippen molar-refractivity contribution in [1.82, 2.24) is 0 Å². The molecule has 0 bridgehead atoms. The van der Waals surface area contributed by atoms with E-state index in [1.165, 1.54) is 0 Å². The topological polar surface area (TPSA) is 0 Å². The average molecular weight is 222 g/mol. The number of hydrogen-bond donors (Lipinski definition) is 0. The van der Waals surface area contributed by atoms with Crippen LogP contribution in [0.1, 0.15) is 13.8 Å². The van der Waals surface area contributed by atoms with Crippen LogP contribution < -0.4 is 0 Å². The molecule has 0 heterocycles. The molecule has 10 heavy (non-hydrogen) atoms. The van der Waals surface area contributed by atoms with E-state index in [1.807, 2.05) is 26.0 Å². The fraction of sp³-hybridized carbons (Fsp3) is 0.250. The van der Waals surface area contributed by atoms with E-state index >= 15 is 0 Å². The molecule has 56 valence electrons. The smallest absolute Gasteiger partial charge is 0.0179 e. The van der Waals surface area contributed by atoms with Crippen LogP contribution in [0.3, 0.4) is 0 Å². The lowest BCUT2D eigenvalue weighted by Crippen LogP contribution is -1.69. The molecule has 0 saturated carbocycles. The lowest BCUT2D eigenvalue weighted by atomic mass is 10.2. The third-order valence-corrected chi connectivity index (χ3v) is 1.62. The van der Waals surface area contributed by atoms with Crippen molar-refractivity contribution >= 4 is 27.5 Å². The van der Waals surface area contributed by atoms with Gasteiger partial charge in [0.15, 0.2) is 0 Å². The molecular formula is C8H10BrCl. The van der Waals surface area contributed by atoms with Crippen LogP contribution in [0.5, 0.6) is 0 Å². The molecule has 0 unspecified atom stereocenters. The Labute approximate surface area is 75.4 Å². The van der Waals surface area contributed by atoms with Crippen LogP contribution in [0.2, 0.25) is 0 Å². The van der Waals surface area contributed by atoms with Gasteiger partial charge in [-0.05, 0) is 25.5 Å². The van der Waals surface area contributed by atoms with E-state index in [0.717, 1.165) is 15.1 Å². The molecule has 0 aliphatic carbocycles. The summed E-state index contributed by atoms with van der Waals surface area (Å²) in [6, 6.07) is 0. The first-order chi connectivity index (χ1) is 4.54. The molecule has 0 aromatic heterocycles. The summed E-state index contributed by atoms with van der Waals surface area (Å²) in [4.78, 5) is 0. The molecule has 0 radical (unpaired) electrons. The summed E-state index contributed by atoms with van der Waals surface area (Å²) in [5.74, 6) is 0. The highest BCUT2D eigenvalue weighted by molar-refractivity contribution is 9.11. The zero-order valence-electron chi connectivity index (χ0n) is 6.12. The summed E-state index contributed by atoms with van der Waals surface area (Å²) in [6.07, 6.45) is 3.78. The molecule has 0 rings (SSSR count). The van der Waals surface area contributed by atoms with Crippen molar-refractivity contribution in [1.29, 1.82) is 0 Å². The summed E-state index contributed by atoms with van der Waals surface area (Å²) in [5, 5.41) is 0.810. The predicted octanol–water partition coefficient (Wildman–Crippen LogP) is 3.98. The zero-order chi connectivity index (χ0) is 8.15. The lowest BCUT2D eigenvalue weighted by molar-refractivity contribution is 1.44. The van der Waals surface area contributed by atoms with E-state index in [9.17, 15) is 0 Å². The van der Waals surface area contributed by atoms with Gasteiger partial charge in [-0.2, -0.15) is 0 Å². The molecule has 0 saturated heterocycles. The second kappa shape index (κ2) is 4.75. The standard InChI is InChI=1S/C8H10BrCl/c1-6(8(3)10)4-5-7(2)9/h4-5H,2H2,1,3H3/b5-4-,8-6+. The molecule has 0 amide bonds. The van der Waals surface area contributed by atoms with Crippen molar-refractivity contribution in [3.05, 3.63) is 33.8 Å². The van der Waals surface area contributed by atoms with Crippen molar-refractivity contribution < 1.29 is 0 Å². The SMILES string of the molecule is C=C(Br)/C=C\C(C)=C(/C)Cl. The third-order valence-electron chi connectivity index (χ3n) is 1.06. The van der Waals surface area contributed by atoms with Gasteiger partial charge in [0.2, 0.25) is 0 Å². The van der Waals surface area contributed by atoms with E-state index in [4.69, 9.17) is 11.6 Å². The maximum Gasteiger partial charge on any atom is 0.0179 e. The number of allylic oxidation sites excluding steroid dienone is 5. The van der Waals surface area contributed by atoms with Crippen LogP contribution in [0, 0.1) is 0 Å². The fourth-order valence-electron chi connectivity index (χ4n) is 0.330. The average Bonchev–Trinajstić information content (AvgIpc) is 1.82. The summed E-state index contributed by atoms with van der Waals surface area (Å²) in [6.45, 7) is 7.46. The molecule has 0 aliphatic rings. The Morgan fingerprint density at radius 1 is 1.40 bits per heavy atom. The van der Waals surface area contributed by atoms with E-state index < -0.39 is 0 Å². The van der Waals surface area contributed by atoms with Gasteiger partial charge in [0, 0.05) is 9.51 Å². The molecule has 2 heteroatoms. The van der Waals surface area contributed by atoms with Crippen LogP contribution in [0.25, 0.3) is 0 Å². The van der Waals surface area contributed by atoms with E-state index in [-0.39, 0.29) is 0 Å². The maximum absolute atomic E-state index is 5.70. The van der Waals surface area contributed by atoms with Crippen molar-refractivity contribution in [3.63, 3.8) is 0 Å². The van der Waals surface area contributed by atoms with E-state index in [0.29, 0.717) is 0 Å². The molecular weight excluding hydrogens is 211 g/mol. The number of rotatable bonds is 2. The Kier molecular flexibility index (Phi) is 4.75. The largest absolute Gasteiger partial charge is 0.0892 e. The van der Waals surface area contributed by atoms with Gasteiger partial charge in [0.05, 0.1) is 0 Å². The van der Waals surface area contributed by atoms with Crippen LogP contribution in [0.4, 0.5) is 0 Å². The van der Waals surface area contributed by atoms with Gasteiger partial charge in [0.1, 0.15) is 0 Å². The van der Waals surface area contributed by atoms with Crippen LogP contribution in [-0.2, 0) is 0 Å². The monoisotopic (exact) mass is 220 g/mol. The minimum Gasteiger partial charge on any atom is -0.0892 e. The molecule has 0 aromatic rings. The Bertz CT molecular complexity index is 185. The Morgan fingerprint density at radius 2 is 1.90 bits per heavy atom. The second-order valence-corrected chi connectivity index (χ2v) is 3.58. The lowest BCUT2D eigenvalue weighted by Gasteiger charge is -1.91.